The van der Waals surface area contributed by atoms with Gasteiger partial charge in [0, 0.05) is 19.0 Å². The molecular formula is C31H43N3O3. The molecule has 1 aliphatic heterocycles. The van der Waals surface area contributed by atoms with Crippen LogP contribution in [0.1, 0.15) is 58.1 Å². The number of nitrogens with one attached hydrogen (secondary N) is 2. The molecule has 0 unspecified atom stereocenters. The smallest absolute Gasteiger partial charge is 0.245 e. The molecule has 0 aliphatic carbocycles. The molecule has 1 heterocycles. The van der Waals surface area contributed by atoms with Crippen molar-refractivity contribution >= 4 is 17.7 Å². The van der Waals surface area contributed by atoms with Crippen molar-refractivity contribution in [1.82, 2.24) is 15.5 Å². The third-order valence-electron chi connectivity index (χ3n) is 7.66. The fraction of sp³-hybridized carbons (Fsp3) is 0.516. The number of rotatable bonds is 12. The second-order valence-corrected chi connectivity index (χ2v) is 10.7. The van der Waals surface area contributed by atoms with Gasteiger partial charge in [-0.3, -0.25) is 14.4 Å². The van der Waals surface area contributed by atoms with E-state index < -0.39 is 12.1 Å². The first-order valence-corrected chi connectivity index (χ1v) is 13.8. The van der Waals surface area contributed by atoms with Crippen LogP contribution in [-0.4, -0.2) is 47.8 Å². The highest BCUT2D eigenvalue weighted by atomic mass is 16.2. The lowest BCUT2D eigenvalue weighted by Crippen LogP contribution is -2.54. The fourth-order valence-corrected chi connectivity index (χ4v) is 4.85. The summed E-state index contributed by atoms with van der Waals surface area (Å²) in [6.45, 7) is 9.18. The van der Waals surface area contributed by atoms with E-state index in [4.69, 9.17) is 0 Å². The molecule has 200 valence electrons. The van der Waals surface area contributed by atoms with Crippen LogP contribution in [0.5, 0.6) is 0 Å². The van der Waals surface area contributed by atoms with Gasteiger partial charge in [0.1, 0.15) is 12.1 Å². The maximum absolute atomic E-state index is 13.9. The number of carbonyl (C=O) groups is 3. The lowest BCUT2D eigenvalue weighted by atomic mass is 9.93. The average Bonchev–Trinajstić information content (AvgIpc) is 3.37. The van der Waals surface area contributed by atoms with Crippen LogP contribution in [0.4, 0.5) is 0 Å². The largest absolute Gasteiger partial charge is 0.354 e. The molecule has 0 spiro atoms. The minimum Gasteiger partial charge on any atom is -0.354 e. The summed E-state index contributed by atoms with van der Waals surface area (Å²) in [5.41, 5.74) is 2.28. The van der Waals surface area contributed by atoms with Gasteiger partial charge in [-0.1, -0.05) is 88.4 Å². The molecule has 37 heavy (non-hydrogen) atoms. The van der Waals surface area contributed by atoms with E-state index in [1.54, 1.807) is 4.90 Å². The van der Waals surface area contributed by atoms with Gasteiger partial charge in [-0.2, -0.15) is 0 Å². The Balaban J connectivity index is 1.73. The van der Waals surface area contributed by atoms with Gasteiger partial charge in [0.25, 0.3) is 0 Å². The molecule has 0 radical (unpaired) electrons. The molecule has 1 fully saturated rings. The van der Waals surface area contributed by atoms with Crippen LogP contribution < -0.4 is 10.6 Å². The Morgan fingerprint density at radius 2 is 1.51 bits per heavy atom. The summed E-state index contributed by atoms with van der Waals surface area (Å²) in [5, 5.41) is 6.08. The molecule has 0 bridgehead atoms. The van der Waals surface area contributed by atoms with Crippen molar-refractivity contribution in [2.24, 2.45) is 17.8 Å². The Labute approximate surface area is 222 Å². The number of amides is 3. The van der Waals surface area contributed by atoms with E-state index in [-0.39, 0.29) is 29.6 Å². The topological polar surface area (TPSA) is 78.5 Å². The van der Waals surface area contributed by atoms with Gasteiger partial charge in [-0.05, 0) is 55.1 Å². The van der Waals surface area contributed by atoms with Gasteiger partial charge >= 0.3 is 0 Å². The second-order valence-electron chi connectivity index (χ2n) is 10.7. The highest BCUT2D eigenvalue weighted by molar-refractivity contribution is 5.93. The summed E-state index contributed by atoms with van der Waals surface area (Å²) >= 11 is 0. The Morgan fingerprint density at radius 3 is 2.08 bits per heavy atom. The third-order valence-corrected chi connectivity index (χ3v) is 7.66. The first-order valence-electron chi connectivity index (χ1n) is 13.8. The van der Waals surface area contributed by atoms with E-state index in [0.29, 0.717) is 44.7 Å². The number of likely N-dealkylation sites (tertiary alicyclic amines) is 1. The quantitative estimate of drug-likeness (QED) is 0.449. The normalized spacial score (nSPS) is 18.9. The maximum atomic E-state index is 13.9. The van der Waals surface area contributed by atoms with E-state index in [2.05, 4.69) is 24.5 Å². The molecule has 6 nitrogen and oxygen atoms in total. The predicted molar refractivity (Wildman–Crippen MR) is 148 cm³/mol. The molecule has 3 rings (SSSR count). The SMILES string of the molecule is CC[C@@H](C)C(=O)N[C@@H](CCc1ccccc1)C(=O)N1C[C@@H](C(C)C)C[C@H]1C(=O)NCCc1ccccc1. The van der Waals surface area contributed by atoms with Gasteiger partial charge in [0.05, 0.1) is 0 Å². The molecule has 3 amide bonds. The minimum atomic E-state index is -0.660. The standard InChI is InChI=1S/C31H43N3O3/c1-5-23(4)29(35)33-27(17-16-24-12-8-6-9-13-24)31(37)34-21-26(22(2)3)20-28(34)30(36)32-19-18-25-14-10-7-11-15-25/h6-15,22-23,26-28H,5,16-21H2,1-4H3,(H,32,36)(H,33,35)/t23-,26+,27+,28+/m1/s1. The average molecular weight is 506 g/mol. The van der Waals surface area contributed by atoms with Crippen LogP contribution in [0.3, 0.4) is 0 Å². The van der Waals surface area contributed by atoms with Gasteiger partial charge in [-0.25, -0.2) is 0 Å². The van der Waals surface area contributed by atoms with Gasteiger partial charge in [-0.15, -0.1) is 0 Å². The lowest BCUT2D eigenvalue weighted by molar-refractivity contribution is -0.142. The zero-order valence-corrected chi connectivity index (χ0v) is 22.8. The molecule has 2 aromatic carbocycles. The van der Waals surface area contributed by atoms with Crippen molar-refractivity contribution in [1.29, 1.82) is 0 Å². The number of hydrogen-bond donors (Lipinski definition) is 2. The molecule has 6 heteroatoms. The highest BCUT2D eigenvalue weighted by Crippen LogP contribution is 2.30. The maximum Gasteiger partial charge on any atom is 0.245 e. The molecule has 1 aliphatic rings. The molecular weight excluding hydrogens is 462 g/mol. The van der Waals surface area contributed by atoms with Crippen molar-refractivity contribution in [2.75, 3.05) is 13.1 Å². The Morgan fingerprint density at radius 1 is 0.919 bits per heavy atom. The summed E-state index contributed by atoms with van der Waals surface area (Å²) < 4.78 is 0. The zero-order valence-electron chi connectivity index (χ0n) is 22.8. The number of aryl methyl sites for hydroxylation is 1. The van der Waals surface area contributed by atoms with Crippen molar-refractivity contribution in [3.8, 4) is 0 Å². The van der Waals surface area contributed by atoms with Crippen molar-refractivity contribution in [3.63, 3.8) is 0 Å². The zero-order chi connectivity index (χ0) is 26.8. The second kappa shape index (κ2) is 14.0. The molecule has 1 saturated heterocycles. The van der Waals surface area contributed by atoms with E-state index in [1.165, 1.54) is 0 Å². The van der Waals surface area contributed by atoms with E-state index in [0.717, 1.165) is 17.5 Å². The fourth-order valence-electron chi connectivity index (χ4n) is 4.85. The lowest BCUT2D eigenvalue weighted by Gasteiger charge is -2.29. The van der Waals surface area contributed by atoms with Gasteiger partial charge in [0.2, 0.25) is 17.7 Å². The summed E-state index contributed by atoms with van der Waals surface area (Å²) in [5.74, 6) is 0.0497. The predicted octanol–water partition coefficient (Wildman–Crippen LogP) is 4.38. The van der Waals surface area contributed by atoms with Gasteiger partial charge < -0.3 is 15.5 Å². The summed E-state index contributed by atoms with van der Waals surface area (Å²) in [4.78, 5) is 41.8. The molecule has 0 aromatic heterocycles. The summed E-state index contributed by atoms with van der Waals surface area (Å²) in [6, 6.07) is 18.9. The number of carbonyl (C=O) groups excluding carboxylic acids is 3. The number of benzene rings is 2. The van der Waals surface area contributed by atoms with Crippen molar-refractivity contribution < 1.29 is 14.4 Å². The van der Waals surface area contributed by atoms with E-state index >= 15 is 0 Å². The Hall–Kier alpha value is -3.15. The van der Waals surface area contributed by atoms with Crippen molar-refractivity contribution in [2.45, 2.75) is 71.9 Å². The Kier molecular flexibility index (Phi) is 10.7. The number of nitrogens with zero attached hydrogens (tertiary/aromatic N) is 1. The molecule has 2 N–H and O–H groups in total. The van der Waals surface area contributed by atoms with Crippen LogP contribution in [0, 0.1) is 17.8 Å². The van der Waals surface area contributed by atoms with Crippen LogP contribution in [-0.2, 0) is 27.2 Å². The van der Waals surface area contributed by atoms with Crippen LogP contribution in [0.2, 0.25) is 0 Å². The van der Waals surface area contributed by atoms with E-state index in [1.807, 2.05) is 74.5 Å². The van der Waals surface area contributed by atoms with Crippen LogP contribution in [0.15, 0.2) is 60.7 Å². The number of hydrogen-bond acceptors (Lipinski definition) is 3. The first kappa shape index (κ1) is 28.4. The monoisotopic (exact) mass is 505 g/mol. The Bertz CT molecular complexity index is 1010. The third kappa shape index (κ3) is 8.17. The van der Waals surface area contributed by atoms with E-state index in [9.17, 15) is 14.4 Å². The molecule has 2 aromatic rings. The highest BCUT2D eigenvalue weighted by Gasteiger charge is 2.42. The molecule has 4 atom stereocenters. The summed E-state index contributed by atoms with van der Waals surface area (Å²) in [7, 11) is 0. The van der Waals surface area contributed by atoms with Crippen LogP contribution in [0.25, 0.3) is 0 Å². The first-order chi connectivity index (χ1) is 17.8. The summed E-state index contributed by atoms with van der Waals surface area (Å²) in [6.07, 6.45) is 3.26. The minimum absolute atomic E-state index is 0.109. The van der Waals surface area contributed by atoms with Crippen molar-refractivity contribution in [3.05, 3.63) is 71.8 Å². The molecule has 0 saturated carbocycles. The van der Waals surface area contributed by atoms with Crippen LogP contribution >= 0.6 is 0 Å². The van der Waals surface area contributed by atoms with Gasteiger partial charge in [0.15, 0.2) is 0 Å².